The highest BCUT2D eigenvalue weighted by Crippen LogP contribution is 2.31. The van der Waals surface area contributed by atoms with Crippen molar-refractivity contribution in [1.82, 2.24) is 8.61 Å². The minimum Gasteiger partial charge on any atom is -0.480 e. The first-order valence-electron chi connectivity index (χ1n) is 5.89. The third-order valence-corrected chi connectivity index (χ3v) is 5.36. The van der Waals surface area contributed by atoms with E-state index in [0.29, 0.717) is 31.8 Å². The predicted octanol–water partition coefficient (Wildman–Crippen LogP) is 0.122. The van der Waals surface area contributed by atoms with E-state index >= 15 is 0 Å². The molecule has 1 aliphatic carbocycles. The van der Waals surface area contributed by atoms with Crippen molar-refractivity contribution >= 4 is 16.2 Å². The summed E-state index contributed by atoms with van der Waals surface area (Å²) in [6, 6.07) is -0.887. The van der Waals surface area contributed by atoms with E-state index in [2.05, 4.69) is 0 Å². The van der Waals surface area contributed by atoms with Crippen molar-refractivity contribution in [1.29, 1.82) is 0 Å². The van der Waals surface area contributed by atoms with Crippen LogP contribution in [-0.2, 0) is 15.0 Å². The maximum atomic E-state index is 12.2. The summed E-state index contributed by atoms with van der Waals surface area (Å²) in [5.74, 6) is -0.591. The van der Waals surface area contributed by atoms with Crippen molar-refractivity contribution < 1.29 is 18.3 Å². The van der Waals surface area contributed by atoms with Crippen molar-refractivity contribution in [2.75, 3.05) is 20.1 Å². The van der Waals surface area contributed by atoms with Gasteiger partial charge in [0, 0.05) is 20.1 Å². The molecule has 0 radical (unpaired) electrons. The molecular formula is C10H18N2O4S. The smallest absolute Gasteiger partial charge is 0.322 e. The lowest BCUT2D eigenvalue weighted by Gasteiger charge is -2.26. The molecule has 2 fully saturated rings. The van der Waals surface area contributed by atoms with E-state index in [9.17, 15) is 13.2 Å². The maximum Gasteiger partial charge on any atom is 0.322 e. The van der Waals surface area contributed by atoms with Gasteiger partial charge in [0.05, 0.1) is 0 Å². The van der Waals surface area contributed by atoms with Crippen LogP contribution in [0, 0.1) is 5.92 Å². The lowest BCUT2D eigenvalue weighted by Crippen LogP contribution is -2.47. The van der Waals surface area contributed by atoms with Crippen LogP contribution >= 0.6 is 0 Å². The molecule has 1 atom stereocenters. The lowest BCUT2D eigenvalue weighted by molar-refractivity contribution is -0.140. The lowest BCUT2D eigenvalue weighted by atomic mass is 10.2. The molecule has 0 aromatic rings. The van der Waals surface area contributed by atoms with Crippen LogP contribution in [0.2, 0.25) is 0 Å². The van der Waals surface area contributed by atoms with Crippen molar-refractivity contribution in [3.05, 3.63) is 0 Å². The highest BCUT2D eigenvalue weighted by atomic mass is 32.2. The Morgan fingerprint density at radius 2 is 2.06 bits per heavy atom. The van der Waals surface area contributed by atoms with E-state index in [1.54, 1.807) is 0 Å². The third-order valence-electron chi connectivity index (χ3n) is 3.39. The van der Waals surface area contributed by atoms with Crippen molar-refractivity contribution in [2.24, 2.45) is 5.92 Å². The molecule has 1 saturated heterocycles. The Kier molecular flexibility index (Phi) is 3.42. The fourth-order valence-corrected chi connectivity index (χ4v) is 3.83. The number of hydrogen-bond acceptors (Lipinski definition) is 3. The predicted molar refractivity (Wildman–Crippen MR) is 61.6 cm³/mol. The molecule has 6 nitrogen and oxygen atoms in total. The Bertz CT molecular complexity index is 405. The van der Waals surface area contributed by atoms with Gasteiger partial charge in [0.2, 0.25) is 0 Å². The van der Waals surface area contributed by atoms with Gasteiger partial charge in [-0.1, -0.05) is 0 Å². The number of carboxylic acids is 1. The summed E-state index contributed by atoms with van der Waals surface area (Å²) in [7, 11) is -2.07. The number of aliphatic carboxylic acids is 1. The van der Waals surface area contributed by atoms with Crippen molar-refractivity contribution in [3.8, 4) is 0 Å². The molecule has 0 spiro atoms. The summed E-state index contributed by atoms with van der Waals surface area (Å²) in [5, 5.41) is 9.00. The van der Waals surface area contributed by atoms with E-state index in [1.807, 2.05) is 0 Å². The number of nitrogens with zero attached hydrogens (tertiary/aromatic N) is 2. The molecule has 0 bridgehead atoms. The maximum absolute atomic E-state index is 12.2. The Balaban J connectivity index is 2.10. The Labute approximate surface area is 101 Å². The van der Waals surface area contributed by atoms with Crippen molar-refractivity contribution in [3.63, 3.8) is 0 Å². The number of carbonyl (C=O) groups is 1. The zero-order valence-corrected chi connectivity index (χ0v) is 10.7. The van der Waals surface area contributed by atoms with Crippen LogP contribution in [0.25, 0.3) is 0 Å². The molecule has 0 unspecified atom stereocenters. The summed E-state index contributed by atoms with van der Waals surface area (Å²) >= 11 is 0. The molecule has 17 heavy (non-hydrogen) atoms. The quantitative estimate of drug-likeness (QED) is 0.763. The molecule has 1 heterocycles. The molecular weight excluding hydrogens is 244 g/mol. The van der Waals surface area contributed by atoms with Gasteiger partial charge in [-0.15, -0.1) is 0 Å². The third kappa shape index (κ3) is 2.61. The molecule has 0 aromatic carbocycles. The average Bonchev–Trinajstić information content (AvgIpc) is 2.91. The van der Waals surface area contributed by atoms with E-state index in [1.165, 1.54) is 11.4 Å². The molecule has 0 amide bonds. The van der Waals surface area contributed by atoms with E-state index < -0.39 is 22.2 Å². The highest BCUT2D eigenvalue weighted by Gasteiger charge is 2.41. The summed E-state index contributed by atoms with van der Waals surface area (Å²) in [6.07, 6.45) is 3.17. The molecule has 0 aromatic heterocycles. The van der Waals surface area contributed by atoms with E-state index in [4.69, 9.17) is 5.11 Å². The monoisotopic (exact) mass is 262 g/mol. The Morgan fingerprint density at radius 3 is 2.59 bits per heavy atom. The number of hydrogen-bond donors (Lipinski definition) is 1. The average molecular weight is 262 g/mol. The molecule has 2 rings (SSSR count). The van der Waals surface area contributed by atoms with E-state index in [0.717, 1.165) is 17.1 Å². The van der Waals surface area contributed by atoms with Crippen molar-refractivity contribution in [2.45, 2.75) is 31.7 Å². The van der Waals surface area contributed by atoms with Crippen LogP contribution in [0.5, 0.6) is 0 Å². The summed E-state index contributed by atoms with van der Waals surface area (Å²) in [5.41, 5.74) is 0. The van der Waals surface area contributed by atoms with Crippen LogP contribution < -0.4 is 0 Å². The van der Waals surface area contributed by atoms with Gasteiger partial charge < -0.3 is 5.11 Å². The Hall–Kier alpha value is -0.660. The number of carboxylic acid groups (broad SMARTS) is 1. The van der Waals surface area contributed by atoms with E-state index in [-0.39, 0.29) is 0 Å². The van der Waals surface area contributed by atoms with Gasteiger partial charge in [-0.3, -0.25) is 4.79 Å². The summed E-state index contributed by atoms with van der Waals surface area (Å²) in [4.78, 5) is 11.0. The standard InChI is InChI=1S/C10H18N2O4S/c1-11(7-8-4-5-8)17(15,16)12-6-2-3-9(12)10(13)14/h8-9H,2-7H2,1H3,(H,13,14)/t9-/m0/s1. The summed E-state index contributed by atoms with van der Waals surface area (Å²) < 4.78 is 26.8. The largest absolute Gasteiger partial charge is 0.480 e. The fourth-order valence-electron chi connectivity index (χ4n) is 2.20. The first-order chi connectivity index (χ1) is 7.93. The van der Waals surface area contributed by atoms with Gasteiger partial charge >= 0.3 is 5.97 Å². The Morgan fingerprint density at radius 1 is 1.41 bits per heavy atom. The first-order valence-corrected chi connectivity index (χ1v) is 7.28. The van der Waals surface area contributed by atoms with Gasteiger partial charge in [-0.2, -0.15) is 17.0 Å². The van der Waals surface area contributed by atoms with Crippen LogP contribution in [0.4, 0.5) is 0 Å². The summed E-state index contributed by atoms with van der Waals surface area (Å²) in [6.45, 7) is 0.819. The minimum absolute atomic E-state index is 0.314. The van der Waals surface area contributed by atoms with Gasteiger partial charge in [0.15, 0.2) is 0 Å². The zero-order chi connectivity index (χ0) is 12.6. The molecule has 98 valence electrons. The molecule has 1 N–H and O–H groups in total. The van der Waals surface area contributed by atoms with Crippen LogP contribution in [-0.4, -0.2) is 54.3 Å². The van der Waals surface area contributed by atoms with Gasteiger partial charge in [-0.25, -0.2) is 0 Å². The van der Waals surface area contributed by atoms with Crippen LogP contribution in [0.3, 0.4) is 0 Å². The van der Waals surface area contributed by atoms with Gasteiger partial charge in [0.1, 0.15) is 6.04 Å². The number of rotatable bonds is 5. The first kappa shape index (κ1) is 12.8. The normalized spacial score (nSPS) is 26.6. The van der Waals surface area contributed by atoms with Gasteiger partial charge in [0.25, 0.3) is 10.2 Å². The second-order valence-corrected chi connectivity index (χ2v) is 6.83. The topological polar surface area (TPSA) is 77.9 Å². The minimum atomic E-state index is -3.60. The fraction of sp³-hybridized carbons (Fsp3) is 0.900. The van der Waals surface area contributed by atoms with Crippen LogP contribution in [0.15, 0.2) is 0 Å². The second-order valence-electron chi connectivity index (χ2n) is 4.84. The van der Waals surface area contributed by atoms with Crippen LogP contribution in [0.1, 0.15) is 25.7 Å². The molecule has 2 aliphatic rings. The molecule has 7 heteroatoms. The zero-order valence-electron chi connectivity index (χ0n) is 9.87. The molecule has 1 saturated carbocycles. The SMILES string of the molecule is CN(CC1CC1)S(=O)(=O)N1CCC[C@H]1C(=O)O. The molecule has 1 aliphatic heterocycles. The second kappa shape index (κ2) is 4.55. The van der Waals surface area contributed by atoms with Gasteiger partial charge in [-0.05, 0) is 31.6 Å². The highest BCUT2D eigenvalue weighted by molar-refractivity contribution is 7.86.